The zero-order valence-electron chi connectivity index (χ0n) is 16.5. The fourth-order valence-electron chi connectivity index (χ4n) is 4.22. The van der Waals surface area contributed by atoms with Crippen molar-refractivity contribution in [2.24, 2.45) is 11.7 Å². The molecule has 1 atom stereocenters. The van der Waals surface area contributed by atoms with E-state index in [9.17, 15) is 9.59 Å². The fourth-order valence-corrected chi connectivity index (χ4v) is 4.22. The first-order valence-electron chi connectivity index (χ1n) is 10.2. The van der Waals surface area contributed by atoms with E-state index in [1.165, 1.54) is 0 Å². The van der Waals surface area contributed by atoms with E-state index < -0.39 is 5.91 Å². The summed E-state index contributed by atoms with van der Waals surface area (Å²) in [5.41, 5.74) is 8.15. The van der Waals surface area contributed by atoms with Crippen molar-refractivity contribution in [2.75, 3.05) is 32.8 Å². The highest BCUT2D eigenvalue weighted by atomic mass is 16.5. The van der Waals surface area contributed by atoms with Crippen LogP contribution in [-0.2, 0) is 17.8 Å². The summed E-state index contributed by atoms with van der Waals surface area (Å²) in [5.74, 6) is 1.10. The quantitative estimate of drug-likeness (QED) is 0.844. The molecule has 2 amide bonds. The Bertz CT molecular complexity index is 898. The van der Waals surface area contributed by atoms with E-state index in [0.29, 0.717) is 24.6 Å². The van der Waals surface area contributed by atoms with E-state index in [0.717, 1.165) is 55.9 Å². The normalized spacial score (nSPS) is 19.3. The van der Waals surface area contributed by atoms with Gasteiger partial charge in [-0.05, 0) is 42.5 Å². The molecule has 6 nitrogen and oxygen atoms in total. The van der Waals surface area contributed by atoms with Crippen LogP contribution in [0.15, 0.2) is 48.5 Å². The van der Waals surface area contributed by atoms with Gasteiger partial charge >= 0.3 is 0 Å². The lowest BCUT2D eigenvalue weighted by Crippen LogP contribution is -2.40. The molecule has 2 aromatic rings. The Morgan fingerprint density at radius 3 is 2.83 bits per heavy atom. The van der Waals surface area contributed by atoms with Gasteiger partial charge in [-0.3, -0.25) is 14.5 Å². The largest absolute Gasteiger partial charge is 0.492 e. The lowest BCUT2D eigenvalue weighted by atomic mass is 9.97. The van der Waals surface area contributed by atoms with Gasteiger partial charge < -0.3 is 15.4 Å². The molecule has 1 saturated heterocycles. The minimum absolute atomic E-state index is 0.178. The van der Waals surface area contributed by atoms with Crippen LogP contribution in [0.1, 0.15) is 27.9 Å². The van der Waals surface area contributed by atoms with Crippen LogP contribution < -0.4 is 10.5 Å². The van der Waals surface area contributed by atoms with Crippen LogP contribution in [0, 0.1) is 5.92 Å². The van der Waals surface area contributed by atoms with Crippen molar-refractivity contribution in [3.63, 3.8) is 0 Å². The number of amides is 2. The average Bonchev–Trinajstić information content (AvgIpc) is 3.08. The summed E-state index contributed by atoms with van der Waals surface area (Å²) in [7, 11) is 0. The van der Waals surface area contributed by atoms with Crippen molar-refractivity contribution in [3.8, 4) is 5.75 Å². The third kappa shape index (κ3) is 4.77. The molecular weight excluding hydrogens is 366 g/mol. The lowest BCUT2D eigenvalue weighted by molar-refractivity contribution is -0.131. The number of ether oxygens (including phenoxy) is 1. The topological polar surface area (TPSA) is 75.9 Å². The number of carbonyl (C=O) groups is 2. The van der Waals surface area contributed by atoms with Gasteiger partial charge in [0.25, 0.3) is 0 Å². The van der Waals surface area contributed by atoms with Gasteiger partial charge in [0.15, 0.2) is 0 Å². The number of fused-ring (bicyclic) bond motifs is 1. The zero-order valence-corrected chi connectivity index (χ0v) is 16.5. The van der Waals surface area contributed by atoms with Crippen LogP contribution >= 0.6 is 0 Å². The summed E-state index contributed by atoms with van der Waals surface area (Å²) >= 11 is 0. The number of nitrogens with two attached hydrogens (primary N) is 1. The molecule has 2 N–H and O–H groups in total. The molecule has 0 spiro atoms. The Morgan fingerprint density at radius 2 is 1.97 bits per heavy atom. The molecule has 0 aliphatic carbocycles. The Balaban J connectivity index is 1.32. The standard InChI is InChI=1S/C23H27N3O3/c24-23(28)19-6-3-4-17(13-19)12-18-8-9-26(14-18)22(27)16-25-10-11-29-21-7-2-1-5-20(21)15-25/h1-7,13,18H,8-12,14-16H2,(H2,24,28). The highest BCUT2D eigenvalue weighted by Crippen LogP contribution is 2.24. The average molecular weight is 393 g/mol. The second kappa shape index (κ2) is 8.66. The van der Waals surface area contributed by atoms with E-state index in [4.69, 9.17) is 10.5 Å². The van der Waals surface area contributed by atoms with Gasteiger partial charge in [-0.2, -0.15) is 0 Å². The number of primary amides is 1. The molecule has 2 aliphatic rings. The molecule has 1 unspecified atom stereocenters. The van der Waals surface area contributed by atoms with Gasteiger partial charge in [0, 0.05) is 37.3 Å². The number of likely N-dealkylation sites (tertiary alicyclic amines) is 1. The molecule has 6 heteroatoms. The number of carbonyl (C=O) groups excluding carboxylic acids is 2. The molecule has 4 rings (SSSR count). The summed E-state index contributed by atoms with van der Waals surface area (Å²) in [6.07, 6.45) is 1.84. The van der Waals surface area contributed by atoms with E-state index in [2.05, 4.69) is 11.0 Å². The minimum Gasteiger partial charge on any atom is -0.492 e. The molecule has 0 radical (unpaired) electrons. The SMILES string of the molecule is NC(=O)c1cccc(CC2CCN(C(=O)CN3CCOc4ccccc4C3)C2)c1. The Hall–Kier alpha value is -2.86. The van der Waals surface area contributed by atoms with Crippen molar-refractivity contribution in [3.05, 3.63) is 65.2 Å². The van der Waals surface area contributed by atoms with Crippen molar-refractivity contribution in [1.82, 2.24) is 9.80 Å². The number of para-hydroxylation sites is 1. The Morgan fingerprint density at radius 1 is 1.10 bits per heavy atom. The maximum Gasteiger partial charge on any atom is 0.248 e. The van der Waals surface area contributed by atoms with Gasteiger partial charge in [0.05, 0.1) is 6.54 Å². The van der Waals surface area contributed by atoms with Gasteiger partial charge in [0.1, 0.15) is 12.4 Å². The molecule has 2 heterocycles. The molecule has 0 aromatic heterocycles. The number of hydrogen-bond acceptors (Lipinski definition) is 4. The van der Waals surface area contributed by atoms with E-state index in [1.807, 2.05) is 41.3 Å². The molecule has 152 valence electrons. The van der Waals surface area contributed by atoms with E-state index >= 15 is 0 Å². The maximum atomic E-state index is 12.9. The number of hydrogen-bond donors (Lipinski definition) is 1. The first kappa shape index (κ1) is 19.5. The molecular formula is C23H27N3O3. The first-order chi connectivity index (χ1) is 14.1. The molecule has 2 aliphatic heterocycles. The third-order valence-corrected chi connectivity index (χ3v) is 5.76. The third-order valence-electron chi connectivity index (χ3n) is 5.76. The van der Waals surface area contributed by atoms with Crippen LogP contribution in [0.2, 0.25) is 0 Å². The van der Waals surface area contributed by atoms with Gasteiger partial charge in [-0.25, -0.2) is 0 Å². The van der Waals surface area contributed by atoms with Crippen molar-refractivity contribution >= 4 is 11.8 Å². The van der Waals surface area contributed by atoms with Crippen LogP contribution in [0.25, 0.3) is 0 Å². The van der Waals surface area contributed by atoms with E-state index in [-0.39, 0.29) is 5.91 Å². The summed E-state index contributed by atoms with van der Waals surface area (Å²) in [6.45, 7) is 4.06. The van der Waals surface area contributed by atoms with Gasteiger partial charge in [-0.15, -0.1) is 0 Å². The van der Waals surface area contributed by atoms with Crippen molar-refractivity contribution < 1.29 is 14.3 Å². The van der Waals surface area contributed by atoms with Crippen LogP contribution in [-0.4, -0.2) is 54.4 Å². The smallest absolute Gasteiger partial charge is 0.248 e. The molecule has 0 saturated carbocycles. The zero-order chi connectivity index (χ0) is 20.2. The predicted octanol–water partition coefficient (Wildman–Crippen LogP) is 2.07. The van der Waals surface area contributed by atoms with Crippen molar-refractivity contribution in [1.29, 1.82) is 0 Å². The summed E-state index contributed by atoms with van der Waals surface area (Å²) < 4.78 is 5.80. The molecule has 29 heavy (non-hydrogen) atoms. The second-order valence-corrected chi connectivity index (χ2v) is 7.93. The number of benzene rings is 2. The number of nitrogens with zero attached hydrogens (tertiary/aromatic N) is 2. The fraction of sp³-hybridized carbons (Fsp3) is 0.391. The highest BCUT2D eigenvalue weighted by Gasteiger charge is 2.28. The molecule has 0 bridgehead atoms. The van der Waals surface area contributed by atoms with Crippen LogP contribution in [0.4, 0.5) is 0 Å². The minimum atomic E-state index is -0.405. The van der Waals surface area contributed by atoms with E-state index in [1.54, 1.807) is 6.07 Å². The van der Waals surface area contributed by atoms with Gasteiger partial charge in [-0.1, -0.05) is 30.3 Å². The summed E-state index contributed by atoms with van der Waals surface area (Å²) in [4.78, 5) is 28.4. The Labute approximate surface area is 171 Å². The van der Waals surface area contributed by atoms with Gasteiger partial charge in [0.2, 0.25) is 11.8 Å². The molecule has 2 aromatic carbocycles. The lowest BCUT2D eigenvalue weighted by Gasteiger charge is -2.23. The molecule has 1 fully saturated rings. The maximum absolute atomic E-state index is 12.9. The van der Waals surface area contributed by atoms with Crippen molar-refractivity contribution in [2.45, 2.75) is 19.4 Å². The summed E-state index contributed by atoms with van der Waals surface area (Å²) in [6, 6.07) is 15.5. The second-order valence-electron chi connectivity index (χ2n) is 7.93. The Kier molecular flexibility index (Phi) is 5.81. The van der Waals surface area contributed by atoms with Crippen LogP contribution in [0.5, 0.6) is 5.75 Å². The number of rotatable bonds is 5. The summed E-state index contributed by atoms with van der Waals surface area (Å²) in [5, 5.41) is 0. The van der Waals surface area contributed by atoms with Crippen LogP contribution in [0.3, 0.4) is 0 Å². The monoisotopic (exact) mass is 393 g/mol. The predicted molar refractivity (Wildman–Crippen MR) is 111 cm³/mol. The highest BCUT2D eigenvalue weighted by molar-refractivity contribution is 5.92. The first-order valence-corrected chi connectivity index (χ1v) is 10.2.